The Morgan fingerprint density at radius 2 is 2.05 bits per heavy atom. The molecular formula is C15H23N5O. The second kappa shape index (κ2) is 5.71. The van der Waals surface area contributed by atoms with Crippen LogP contribution < -0.4 is 10.5 Å². The predicted octanol–water partition coefficient (Wildman–Crippen LogP) is 2.61. The van der Waals surface area contributed by atoms with Gasteiger partial charge < -0.3 is 10.5 Å². The predicted molar refractivity (Wildman–Crippen MR) is 82.8 cm³/mol. The molecule has 2 aromatic rings. The molecule has 6 heteroatoms. The normalized spacial score (nSPS) is 11.9. The fourth-order valence-corrected chi connectivity index (χ4v) is 1.97. The molecule has 0 atom stereocenters. The molecule has 21 heavy (non-hydrogen) atoms. The van der Waals surface area contributed by atoms with Crippen molar-refractivity contribution in [1.29, 1.82) is 0 Å². The van der Waals surface area contributed by atoms with Crippen molar-refractivity contribution in [2.45, 2.75) is 34.2 Å². The number of nitrogen functional groups attached to an aromatic ring is 1. The van der Waals surface area contributed by atoms with Crippen LogP contribution in [0.5, 0.6) is 5.75 Å². The van der Waals surface area contributed by atoms with Crippen LogP contribution in [0.25, 0.3) is 11.4 Å². The van der Waals surface area contributed by atoms with Crippen LogP contribution in [-0.2, 0) is 6.54 Å². The minimum Gasteiger partial charge on any atom is -0.496 e. The second-order valence-electron chi connectivity index (χ2n) is 6.26. The maximum atomic E-state index is 5.80. The van der Waals surface area contributed by atoms with Gasteiger partial charge in [-0.25, -0.2) is 4.68 Å². The topological polar surface area (TPSA) is 78.8 Å². The zero-order valence-electron chi connectivity index (χ0n) is 13.3. The van der Waals surface area contributed by atoms with E-state index in [2.05, 4.69) is 43.2 Å². The summed E-state index contributed by atoms with van der Waals surface area (Å²) in [5.41, 5.74) is 7.38. The molecule has 0 amide bonds. The zero-order valence-corrected chi connectivity index (χ0v) is 13.3. The number of hydrogen-bond donors (Lipinski definition) is 1. The van der Waals surface area contributed by atoms with E-state index in [0.29, 0.717) is 23.2 Å². The van der Waals surface area contributed by atoms with Crippen LogP contribution >= 0.6 is 0 Å². The van der Waals surface area contributed by atoms with Crippen molar-refractivity contribution in [1.82, 2.24) is 20.2 Å². The van der Waals surface area contributed by atoms with E-state index < -0.39 is 0 Å². The summed E-state index contributed by atoms with van der Waals surface area (Å²) in [6.07, 6.45) is 0. The fourth-order valence-electron chi connectivity index (χ4n) is 1.97. The summed E-state index contributed by atoms with van der Waals surface area (Å²) >= 11 is 0. The molecule has 1 aromatic carbocycles. The first-order valence-electron chi connectivity index (χ1n) is 7.05. The molecule has 2 rings (SSSR count). The van der Waals surface area contributed by atoms with Crippen LogP contribution in [0.1, 0.15) is 27.7 Å². The molecule has 0 radical (unpaired) electrons. The van der Waals surface area contributed by atoms with E-state index >= 15 is 0 Å². The summed E-state index contributed by atoms with van der Waals surface area (Å²) in [4.78, 5) is 0. The largest absolute Gasteiger partial charge is 0.496 e. The number of aromatic nitrogens is 4. The summed E-state index contributed by atoms with van der Waals surface area (Å²) in [7, 11) is 1.62. The minimum atomic E-state index is 0.0885. The first kappa shape index (κ1) is 15.3. The van der Waals surface area contributed by atoms with Gasteiger partial charge in [0, 0.05) is 11.8 Å². The molecule has 114 valence electrons. The molecule has 2 N–H and O–H groups in total. The van der Waals surface area contributed by atoms with Gasteiger partial charge in [-0.3, -0.25) is 0 Å². The quantitative estimate of drug-likeness (QED) is 0.856. The van der Waals surface area contributed by atoms with Crippen LogP contribution in [0, 0.1) is 11.3 Å². The summed E-state index contributed by atoms with van der Waals surface area (Å²) < 4.78 is 7.22. The van der Waals surface area contributed by atoms with Gasteiger partial charge in [-0.05, 0) is 33.9 Å². The average Bonchev–Trinajstić information content (AvgIpc) is 2.85. The maximum Gasteiger partial charge on any atom is 0.185 e. The van der Waals surface area contributed by atoms with Crippen LogP contribution in [0.2, 0.25) is 0 Å². The standard InChI is InChI=1S/C15H23N5O/c1-10(2)15(3,4)9-20-14(17-18-19-20)12-7-6-11(16)8-13(12)21-5/h6-8,10H,9,16H2,1-5H3. The van der Waals surface area contributed by atoms with Gasteiger partial charge in [0.1, 0.15) is 5.75 Å². The Kier molecular flexibility index (Phi) is 4.16. The highest BCUT2D eigenvalue weighted by atomic mass is 16.5. The Morgan fingerprint density at radius 1 is 1.33 bits per heavy atom. The number of hydrogen-bond acceptors (Lipinski definition) is 5. The van der Waals surface area contributed by atoms with Crippen LogP contribution in [-0.4, -0.2) is 27.3 Å². The number of nitrogens with zero attached hydrogens (tertiary/aromatic N) is 4. The van der Waals surface area contributed by atoms with E-state index in [4.69, 9.17) is 10.5 Å². The number of methoxy groups -OCH3 is 1. The summed E-state index contributed by atoms with van der Waals surface area (Å²) in [6, 6.07) is 5.49. The molecule has 0 aliphatic rings. The van der Waals surface area contributed by atoms with Gasteiger partial charge in [0.2, 0.25) is 0 Å². The van der Waals surface area contributed by atoms with Gasteiger partial charge in [-0.15, -0.1) is 5.10 Å². The molecule has 1 aromatic heterocycles. The van der Waals surface area contributed by atoms with Crippen LogP contribution in [0.3, 0.4) is 0 Å². The average molecular weight is 289 g/mol. The molecule has 0 fully saturated rings. The number of rotatable bonds is 5. The van der Waals surface area contributed by atoms with Crippen molar-refractivity contribution in [2.75, 3.05) is 12.8 Å². The lowest BCUT2D eigenvalue weighted by molar-refractivity contribution is 0.200. The number of ether oxygens (including phenoxy) is 1. The number of benzene rings is 1. The molecule has 0 aliphatic carbocycles. The first-order chi connectivity index (χ1) is 9.85. The lowest BCUT2D eigenvalue weighted by Crippen LogP contribution is -2.26. The third-order valence-electron chi connectivity index (χ3n) is 4.12. The highest BCUT2D eigenvalue weighted by Gasteiger charge is 2.26. The van der Waals surface area contributed by atoms with Gasteiger partial charge in [-0.2, -0.15) is 0 Å². The van der Waals surface area contributed by atoms with Gasteiger partial charge >= 0.3 is 0 Å². The highest BCUT2D eigenvalue weighted by Crippen LogP contribution is 2.33. The van der Waals surface area contributed by atoms with Crippen molar-refractivity contribution in [3.63, 3.8) is 0 Å². The summed E-state index contributed by atoms with van der Waals surface area (Å²) in [6.45, 7) is 9.56. The number of anilines is 1. The second-order valence-corrected chi connectivity index (χ2v) is 6.26. The van der Waals surface area contributed by atoms with E-state index in [1.807, 2.05) is 16.8 Å². The van der Waals surface area contributed by atoms with E-state index in [-0.39, 0.29) is 5.41 Å². The first-order valence-corrected chi connectivity index (χ1v) is 7.05. The van der Waals surface area contributed by atoms with E-state index in [1.165, 1.54) is 0 Å². The summed E-state index contributed by atoms with van der Waals surface area (Å²) in [5, 5.41) is 12.1. The third-order valence-corrected chi connectivity index (χ3v) is 4.12. The van der Waals surface area contributed by atoms with E-state index in [0.717, 1.165) is 12.1 Å². The Bertz CT molecular complexity index is 618. The highest BCUT2D eigenvalue weighted by molar-refractivity contribution is 5.67. The Labute approximate surface area is 125 Å². The van der Waals surface area contributed by atoms with Gasteiger partial charge in [-0.1, -0.05) is 27.7 Å². The molecule has 0 spiro atoms. The van der Waals surface area contributed by atoms with Crippen molar-refractivity contribution < 1.29 is 4.74 Å². The van der Waals surface area contributed by atoms with E-state index in [1.54, 1.807) is 13.2 Å². The molecule has 1 heterocycles. The smallest absolute Gasteiger partial charge is 0.185 e. The molecular weight excluding hydrogens is 266 g/mol. The lowest BCUT2D eigenvalue weighted by Gasteiger charge is -2.29. The fraction of sp³-hybridized carbons (Fsp3) is 0.533. The molecule has 0 unspecified atom stereocenters. The molecule has 0 aliphatic heterocycles. The van der Waals surface area contributed by atoms with Crippen LogP contribution in [0.15, 0.2) is 18.2 Å². The SMILES string of the molecule is COc1cc(N)ccc1-c1nnnn1CC(C)(C)C(C)C. The third kappa shape index (κ3) is 3.15. The van der Waals surface area contributed by atoms with Crippen molar-refractivity contribution >= 4 is 5.69 Å². The van der Waals surface area contributed by atoms with E-state index in [9.17, 15) is 0 Å². The Balaban J connectivity index is 2.41. The van der Waals surface area contributed by atoms with Crippen molar-refractivity contribution in [3.05, 3.63) is 18.2 Å². The van der Waals surface area contributed by atoms with Gasteiger partial charge in [0.15, 0.2) is 5.82 Å². The summed E-state index contributed by atoms with van der Waals surface area (Å²) in [5.74, 6) is 1.89. The lowest BCUT2D eigenvalue weighted by atomic mass is 9.81. The Morgan fingerprint density at radius 3 is 2.67 bits per heavy atom. The van der Waals surface area contributed by atoms with Gasteiger partial charge in [0.25, 0.3) is 0 Å². The zero-order chi connectivity index (χ0) is 15.6. The number of tetrazole rings is 1. The number of nitrogens with two attached hydrogens (primary N) is 1. The molecule has 0 bridgehead atoms. The monoisotopic (exact) mass is 289 g/mol. The van der Waals surface area contributed by atoms with Gasteiger partial charge in [0.05, 0.1) is 19.2 Å². The molecule has 6 nitrogen and oxygen atoms in total. The maximum absolute atomic E-state index is 5.80. The van der Waals surface area contributed by atoms with Crippen molar-refractivity contribution in [3.8, 4) is 17.1 Å². The molecule has 0 saturated carbocycles. The Hall–Kier alpha value is -2.11. The minimum absolute atomic E-state index is 0.0885. The van der Waals surface area contributed by atoms with Crippen LogP contribution in [0.4, 0.5) is 5.69 Å². The molecule has 0 saturated heterocycles. The van der Waals surface area contributed by atoms with Crippen molar-refractivity contribution in [2.24, 2.45) is 11.3 Å².